The second kappa shape index (κ2) is 12.4. The molecule has 0 saturated heterocycles. The van der Waals surface area contributed by atoms with Gasteiger partial charge < -0.3 is 25.0 Å². The number of aromatic nitrogens is 2. The van der Waals surface area contributed by atoms with Crippen LogP contribution < -0.4 is 15.4 Å². The van der Waals surface area contributed by atoms with E-state index in [4.69, 9.17) is 14.6 Å². The third-order valence-corrected chi connectivity index (χ3v) is 5.86. The molecule has 3 amide bonds. The van der Waals surface area contributed by atoms with Gasteiger partial charge in [-0.25, -0.2) is 9.48 Å². The maximum Gasteiger partial charge on any atom is 0.322 e. The predicted molar refractivity (Wildman–Crippen MR) is 146 cm³/mol. The highest BCUT2D eigenvalue weighted by Gasteiger charge is 2.23. The summed E-state index contributed by atoms with van der Waals surface area (Å²) in [5.41, 5.74) is 3.21. The molecule has 2 aromatic carbocycles. The van der Waals surface area contributed by atoms with E-state index in [0.29, 0.717) is 18.1 Å². The fourth-order valence-electron chi connectivity index (χ4n) is 3.59. The molecule has 0 aliphatic carbocycles. The lowest BCUT2D eigenvalue weighted by atomic mass is 9.92. The van der Waals surface area contributed by atoms with E-state index in [-0.39, 0.29) is 30.4 Å². The summed E-state index contributed by atoms with van der Waals surface area (Å²) in [6.07, 6.45) is 0.915. The lowest BCUT2D eigenvalue weighted by molar-refractivity contribution is -0.116. The van der Waals surface area contributed by atoms with Gasteiger partial charge in [0.15, 0.2) is 0 Å². The number of hydrogen-bond donors (Lipinski definition) is 2. The van der Waals surface area contributed by atoms with Crippen LogP contribution in [0.4, 0.5) is 16.3 Å². The highest BCUT2D eigenvalue weighted by molar-refractivity contribution is 5.96. The first-order chi connectivity index (χ1) is 17.6. The molecule has 3 aromatic rings. The largest absolute Gasteiger partial charge is 0.497 e. The molecule has 198 valence electrons. The molecule has 0 spiro atoms. The zero-order chi connectivity index (χ0) is 27.0. The van der Waals surface area contributed by atoms with Crippen molar-refractivity contribution in [2.75, 3.05) is 44.5 Å². The first-order valence-corrected chi connectivity index (χ1v) is 12.3. The minimum Gasteiger partial charge on any atom is -0.497 e. The molecule has 0 saturated carbocycles. The van der Waals surface area contributed by atoms with Crippen molar-refractivity contribution in [1.29, 1.82) is 0 Å². The van der Waals surface area contributed by atoms with Crippen LogP contribution in [0.3, 0.4) is 0 Å². The van der Waals surface area contributed by atoms with Crippen LogP contribution >= 0.6 is 0 Å². The van der Waals surface area contributed by atoms with Gasteiger partial charge in [-0.1, -0.05) is 39.8 Å². The van der Waals surface area contributed by atoms with Crippen LogP contribution in [-0.2, 0) is 21.4 Å². The number of anilines is 2. The minimum absolute atomic E-state index is 0.152. The van der Waals surface area contributed by atoms with Crippen molar-refractivity contribution in [3.8, 4) is 11.4 Å². The Morgan fingerprint density at radius 2 is 1.68 bits per heavy atom. The van der Waals surface area contributed by atoms with E-state index in [1.54, 1.807) is 18.9 Å². The number of methoxy groups -OCH3 is 2. The Bertz CT molecular complexity index is 1180. The van der Waals surface area contributed by atoms with Crippen molar-refractivity contribution in [2.45, 2.75) is 39.5 Å². The van der Waals surface area contributed by atoms with Gasteiger partial charge >= 0.3 is 6.03 Å². The Morgan fingerprint density at radius 3 is 2.24 bits per heavy atom. The van der Waals surface area contributed by atoms with Crippen LogP contribution in [0.2, 0.25) is 0 Å². The average molecular weight is 508 g/mol. The summed E-state index contributed by atoms with van der Waals surface area (Å²) in [5.74, 6) is 0.895. The number of hydrogen-bond acceptors (Lipinski definition) is 5. The maximum absolute atomic E-state index is 13.1. The van der Waals surface area contributed by atoms with Crippen LogP contribution in [0.25, 0.3) is 5.69 Å². The second-order valence-corrected chi connectivity index (χ2v) is 9.72. The van der Waals surface area contributed by atoms with Crippen molar-refractivity contribution in [3.05, 3.63) is 65.9 Å². The van der Waals surface area contributed by atoms with Crippen LogP contribution in [0.1, 0.15) is 39.0 Å². The minimum atomic E-state index is -0.379. The molecule has 0 unspecified atom stereocenters. The van der Waals surface area contributed by atoms with Gasteiger partial charge in [0.2, 0.25) is 5.91 Å². The Hall–Kier alpha value is -3.85. The van der Waals surface area contributed by atoms with Gasteiger partial charge in [0.1, 0.15) is 18.1 Å². The normalized spacial score (nSPS) is 11.2. The Balaban J connectivity index is 1.79. The Labute approximate surface area is 218 Å². The van der Waals surface area contributed by atoms with Gasteiger partial charge in [-0.05, 0) is 48.4 Å². The van der Waals surface area contributed by atoms with E-state index in [2.05, 4.69) is 38.3 Å². The molecule has 9 heteroatoms. The standard InChI is InChI=1S/C28H37N5O4/c1-7-20-8-10-21(11-9-20)29-27(35)32(16-17-36-5)19-26(34)30-25-18-24(28(2,3)4)31-33(25)22-12-14-23(37-6)15-13-22/h8-15,18H,7,16-17,19H2,1-6H3,(H,29,35)(H,30,34). The summed E-state index contributed by atoms with van der Waals surface area (Å²) in [6.45, 7) is 8.65. The molecule has 2 N–H and O–H groups in total. The number of carbonyl (C=O) groups excluding carboxylic acids is 2. The molecular formula is C28H37N5O4. The predicted octanol–water partition coefficient (Wildman–Crippen LogP) is 4.86. The van der Waals surface area contributed by atoms with Gasteiger partial charge in [-0.15, -0.1) is 0 Å². The Morgan fingerprint density at radius 1 is 1.00 bits per heavy atom. The number of nitrogens with one attached hydrogen (secondary N) is 2. The van der Waals surface area contributed by atoms with E-state index in [9.17, 15) is 9.59 Å². The Kier molecular flexibility index (Phi) is 9.30. The monoisotopic (exact) mass is 507 g/mol. The third-order valence-electron chi connectivity index (χ3n) is 5.86. The number of ether oxygens (including phenoxy) is 2. The number of rotatable bonds is 10. The topological polar surface area (TPSA) is 97.7 Å². The second-order valence-electron chi connectivity index (χ2n) is 9.72. The summed E-state index contributed by atoms with van der Waals surface area (Å²) >= 11 is 0. The van der Waals surface area contributed by atoms with E-state index in [0.717, 1.165) is 23.6 Å². The number of benzene rings is 2. The highest BCUT2D eigenvalue weighted by atomic mass is 16.5. The molecule has 9 nitrogen and oxygen atoms in total. The zero-order valence-electron chi connectivity index (χ0n) is 22.5. The van der Waals surface area contributed by atoms with E-state index in [1.807, 2.05) is 54.6 Å². The van der Waals surface area contributed by atoms with Crippen LogP contribution in [-0.4, -0.2) is 60.5 Å². The quantitative estimate of drug-likeness (QED) is 0.408. The molecule has 0 aliphatic heterocycles. The lowest BCUT2D eigenvalue weighted by Crippen LogP contribution is -2.42. The van der Waals surface area contributed by atoms with Crippen molar-refractivity contribution in [3.63, 3.8) is 0 Å². The van der Waals surface area contributed by atoms with Crippen LogP contribution in [0.5, 0.6) is 5.75 Å². The average Bonchev–Trinajstić information content (AvgIpc) is 3.31. The van der Waals surface area contributed by atoms with Gasteiger partial charge in [0.25, 0.3) is 0 Å². The first kappa shape index (κ1) is 27.7. The number of amides is 3. The molecule has 0 aliphatic rings. The van der Waals surface area contributed by atoms with E-state index < -0.39 is 0 Å². The molecular weight excluding hydrogens is 470 g/mol. The number of urea groups is 1. The fraction of sp³-hybridized carbons (Fsp3) is 0.393. The molecule has 1 heterocycles. The molecule has 0 fully saturated rings. The summed E-state index contributed by atoms with van der Waals surface area (Å²) in [5, 5.41) is 10.5. The fourth-order valence-corrected chi connectivity index (χ4v) is 3.59. The molecule has 37 heavy (non-hydrogen) atoms. The smallest absolute Gasteiger partial charge is 0.322 e. The number of carbonyl (C=O) groups is 2. The maximum atomic E-state index is 13.1. The van der Waals surface area contributed by atoms with Crippen molar-refractivity contribution in [2.24, 2.45) is 0 Å². The zero-order valence-corrected chi connectivity index (χ0v) is 22.5. The summed E-state index contributed by atoms with van der Waals surface area (Å²) < 4.78 is 12.1. The van der Waals surface area contributed by atoms with Crippen molar-refractivity contribution < 1.29 is 19.1 Å². The van der Waals surface area contributed by atoms with Gasteiger partial charge in [-0.2, -0.15) is 5.10 Å². The number of nitrogens with zero attached hydrogens (tertiary/aromatic N) is 3. The van der Waals surface area contributed by atoms with Crippen LogP contribution in [0.15, 0.2) is 54.6 Å². The molecule has 1 aromatic heterocycles. The molecule has 3 rings (SSSR count). The highest BCUT2D eigenvalue weighted by Crippen LogP contribution is 2.27. The lowest BCUT2D eigenvalue weighted by Gasteiger charge is -2.22. The molecule has 0 radical (unpaired) electrons. The van der Waals surface area contributed by atoms with Gasteiger partial charge in [0, 0.05) is 30.8 Å². The third kappa shape index (κ3) is 7.57. The first-order valence-electron chi connectivity index (χ1n) is 12.3. The molecule has 0 bridgehead atoms. The summed E-state index contributed by atoms with van der Waals surface area (Å²) in [4.78, 5) is 27.6. The van der Waals surface area contributed by atoms with Crippen molar-refractivity contribution in [1.82, 2.24) is 14.7 Å². The summed E-state index contributed by atoms with van der Waals surface area (Å²) in [6, 6.07) is 16.5. The van der Waals surface area contributed by atoms with Crippen LogP contribution in [0, 0.1) is 0 Å². The molecule has 0 atom stereocenters. The number of aryl methyl sites for hydroxylation is 1. The SMILES string of the molecule is CCc1ccc(NC(=O)N(CCOC)CC(=O)Nc2cc(C(C)(C)C)nn2-c2ccc(OC)cc2)cc1. The van der Waals surface area contributed by atoms with E-state index in [1.165, 1.54) is 10.5 Å². The summed E-state index contributed by atoms with van der Waals surface area (Å²) in [7, 11) is 3.17. The van der Waals surface area contributed by atoms with Gasteiger partial charge in [-0.3, -0.25) is 4.79 Å². The van der Waals surface area contributed by atoms with E-state index >= 15 is 0 Å². The van der Waals surface area contributed by atoms with Gasteiger partial charge in [0.05, 0.1) is 25.1 Å². The van der Waals surface area contributed by atoms with Crippen molar-refractivity contribution >= 4 is 23.4 Å².